The highest BCUT2D eigenvalue weighted by atomic mass is 16.5. The predicted molar refractivity (Wildman–Crippen MR) is 46.4 cm³/mol. The molecule has 0 radical (unpaired) electrons. The summed E-state index contributed by atoms with van der Waals surface area (Å²) < 4.78 is 5.30. The number of hydrogen-bond acceptors (Lipinski definition) is 2. The van der Waals surface area contributed by atoms with E-state index in [1.807, 2.05) is 6.92 Å². The molecule has 11 heavy (non-hydrogen) atoms. The van der Waals surface area contributed by atoms with Crippen LogP contribution in [0.1, 0.15) is 26.2 Å². The van der Waals surface area contributed by atoms with Crippen molar-refractivity contribution < 1.29 is 4.74 Å². The molecule has 0 fully saturated rings. The summed E-state index contributed by atoms with van der Waals surface area (Å²) in [5.41, 5.74) is 7.15. The summed E-state index contributed by atoms with van der Waals surface area (Å²) in [6.45, 7) is 3.60. The second kappa shape index (κ2) is 4.52. The van der Waals surface area contributed by atoms with Gasteiger partial charge in [-0.1, -0.05) is 6.08 Å². The molecule has 0 saturated heterocycles. The maximum absolute atomic E-state index is 5.76. The molecular weight excluding hydrogens is 138 g/mol. The summed E-state index contributed by atoms with van der Waals surface area (Å²) in [5.74, 6) is 0. The van der Waals surface area contributed by atoms with E-state index in [9.17, 15) is 0 Å². The van der Waals surface area contributed by atoms with Gasteiger partial charge < -0.3 is 10.5 Å². The van der Waals surface area contributed by atoms with Crippen LogP contribution in [-0.4, -0.2) is 19.3 Å². The van der Waals surface area contributed by atoms with Gasteiger partial charge in [0.2, 0.25) is 0 Å². The van der Waals surface area contributed by atoms with Gasteiger partial charge in [0.15, 0.2) is 0 Å². The molecule has 0 heterocycles. The first kappa shape index (κ1) is 8.75. The Balaban J connectivity index is 2.31. The van der Waals surface area contributed by atoms with Crippen LogP contribution in [-0.2, 0) is 4.74 Å². The van der Waals surface area contributed by atoms with Gasteiger partial charge >= 0.3 is 0 Å². The summed E-state index contributed by atoms with van der Waals surface area (Å²) in [6, 6.07) is 0.277. The van der Waals surface area contributed by atoms with E-state index in [1.54, 1.807) is 0 Å². The Morgan fingerprint density at radius 2 is 2.55 bits per heavy atom. The number of nitrogens with two attached hydrogens (primary N) is 1. The second-order valence-corrected chi connectivity index (χ2v) is 3.02. The molecule has 0 aromatic carbocycles. The van der Waals surface area contributed by atoms with Crippen molar-refractivity contribution in [2.75, 3.05) is 13.2 Å². The fourth-order valence-corrected chi connectivity index (χ4v) is 1.39. The number of rotatable bonds is 3. The molecule has 1 atom stereocenters. The largest absolute Gasteiger partial charge is 0.377 e. The summed E-state index contributed by atoms with van der Waals surface area (Å²) in [5, 5.41) is 0. The average Bonchev–Trinajstić information content (AvgIpc) is 2.01. The molecule has 0 spiro atoms. The van der Waals surface area contributed by atoms with Gasteiger partial charge in [-0.05, 0) is 31.8 Å². The third-order valence-electron chi connectivity index (χ3n) is 1.98. The smallest absolute Gasteiger partial charge is 0.0677 e. The minimum atomic E-state index is 0.277. The third kappa shape index (κ3) is 3.04. The van der Waals surface area contributed by atoms with E-state index in [2.05, 4.69) is 6.08 Å². The minimum absolute atomic E-state index is 0.277. The van der Waals surface area contributed by atoms with Crippen LogP contribution in [0.3, 0.4) is 0 Å². The van der Waals surface area contributed by atoms with Crippen molar-refractivity contribution in [1.29, 1.82) is 0 Å². The van der Waals surface area contributed by atoms with Crippen molar-refractivity contribution >= 4 is 0 Å². The van der Waals surface area contributed by atoms with Crippen molar-refractivity contribution in [2.24, 2.45) is 5.73 Å². The Labute approximate surface area is 68.4 Å². The Morgan fingerprint density at radius 3 is 3.18 bits per heavy atom. The van der Waals surface area contributed by atoms with Gasteiger partial charge in [-0.25, -0.2) is 0 Å². The van der Waals surface area contributed by atoms with Crippen LogP contribution < -0.4 is 5.73 Å². The lowest BCUT2D eigenvalue weighted by Gasteiger charge is -2.17. The van der Waals surface area contributed by atoms with Gasteiger partial charge in [-0.15, -0.1) is 0 Å². The van der Waals surface area contributed by atoms with Crippen LogP contribution in [0.4, 0.5) is 0 Å². The van der Waals surface area contributed by atoms with E-state index in [1.165, 1.54) is 18.4 Å². The van der Waals surface area contributed by atoms with Crippen molar-refractivity contribution in [3.05, 3.63) is 11.6 Å². The zero-order valence-corrected chi connectivity index (χ0v) is 7.18. The fourth-order valence-electron chi connectivity index (χ4n) is 1.39. The zero-order chi connectivity index (χ0) is 8.10. The fraction of sp³-hybridized carbons (Fsp3) is 0.778. The highest BCUT2D eigenvalue weighted by Crippen LogP contribution is 2.16. The van der Waals surface area contributed by atoms with E-state index in [0.29, 0.717) is 0 Å². The molecule has 1 aliphatic carbocycles. The summed E-state index contributed by atoms with van der Waals surface area (Å²) >= 11 is 0. The van der Waals surface area contributed by atoms with Gasteiger partial charge in [0.25, 0.3) is 0 Å². The van der Waals surface area contributed by atoms with E-state index in [-0.39, 0.29) is 6.04 Å². The minimum Gasteiger partial charge on any atom is -0.377 e. The van der Waals surface area contributed by atoms with E-state index >= 15 is 0 Å². The van der Waals surface area contributed by atoms with E-state index in [4.69, 9.17) is 10.5 Å². The van der Waals surface area contributed by atoms with Gasteiger partial charge in [0, 0.05) is 12.6 Å². The highest BCUT2D eigenvalue weighted by molar-refractivity contribution is 5.10. The first-order chi connectivity index (χ1) is 5.33. The number of ether oxygens (including phenoxy) is 1. The van der Waals surface area contributed by atoms with Crippen molar-refractivity contribution in [2.45, 2.75) is 32.2 Å². The molecule has 0 amide bonds. The number of hydrogen-bond donors (Lipinski definition) is 1. The quantitative estimate of drug-likeness (QED) is 0.626. The van der Waals surface area contributed by atoms with Gasteiger partial charge in [0.1, 0.15) is 0 Å². The lowest BCUT2D eigenvalue weighted by Crippen LogP contribution is -2.21. The monoisotopic (exact) mass is 155 g/mol. The normalized spacial score (nSPS) is 24.9. The molecule has 0 aromatic rings. The molecule has 64 valence electrons. The van der Waals surface area contributed by atoms with Crippen LogP contribution in [0.2, 0.25) is 0 Å². The topological polar surface area (TPSA) is 35.2 Å². The van der Waals surface area contributed by atoms with Crippen LogP contribution in [0, 0.1) is 0 Å². The molecule has 1 unspecified atom stereocenters. The first-order valence-corrected chi connectivity index (χ1v) is 4.36. The van der Waals surface area contributed by atoms with Crippen LogP contribution in [0.15, 0.2) is 11.6 Å². The lowest BCUT2D eigenvalue weighted by atomic mass is 9.97. The first-order valence-electron chi connectivity index (χ1n) is 4.36. The van der Waals surface area contributed by atoms with Crippen LogP contribution >= 0.6 is 0 Å². The SMILES string of the molecule is CCOCC1=CC(N)CCC1. The molecular formula is C9H17NO. The Morgan fingerprint density at radius 1 is 1.73 bits per heavy atom. The van der Waals surface area contributed by atoms with Gasteiger partial charge in [-0.3, -0.25) is 0 Å². The second-order valence-electron chi connectivity index (χ2n) is 3.02. The molecule has 1 rings (SSSR count). The van der Waals surface area contributed by atoms with E-state index < -0.39 is 0 Å². The molecule has 0 aliphatic heterocycles. The van der Waals surface area contributed by atoms with Crippen LogP contribution in [0.5, 0.6) is 0 Å². The van der Waals surface area contributed by atoms with Crippen molar-refractivity contribution in [3.8, 4) is 0 Å². The van der Waals surface area contributed by atoms with Crippen LogP contribution in [0.25, 0.3) is 0 Å². The van der Waals surface area contributed by atoms with E-state index in [0.717, 1.165) is 19.6 Å². The molecule has 0 aromatic heterocycles. The summed E-state index contributed by atoms with van der Waals surface area (Å²) in [7, 11) is 0. The Bertz CT molecular complexity index is 142. The van der Waals surface area contributed by atoms with Gasteiger partial charge in [0.05, 0.1) is 6.61 Å². The maximum atomic E-state index is 5.76. The summed E-state index contributed by atoms with van der Waals surface area (Å²) in [6.07, 6.45) is 5.68. The molecule has 2 N–H and O–H groups in total. The van der Waals surface area contributed by atoms with Gasteiger partial charge in [-0.2, -0.15) is 0 Å². The average molecular weight is 155 g/mol. The molecule has 0 saturated carbocycles. The maximum Gasteiger partial charge on any atom is 0.0677 e. The Hall–Kier alpha value is -0.340. The molecule has 0 bridgehead atoms. The molecule has 2 nitrogen and oxygen atoms in total. The lowest BCUT2D eigenvalue weighted by molar-refractivity contribution is 0.167. The van der Waals surface area contributed by atoms with Crippen molar-refractivity contribution in [3.63, 3.8) is 0 Å². The summed E-state index contributed by atoms with van der Waals surface area (Å²) in [4.78, 5) is 0. The third-order valence-corrected chi connectivity index (χ3v) is 1.98. The highest BCUT2D eigenvalue weighted by Gasteiger charge is 2.08. The molecule has 1 aliphatic rings. The predicted octanol–water partition coefficient (Wildman–Crippen LogP) is 1.46. The zero-order valence-electron chi connectivity index (χ0n) is 7.18. The Kier molecular flexibility index (Phi) is 3.60. The standard InChI is InChI=1S/C9H17NO/c1-2-11-7-8-4-3-5-9(10)6-8/h6,9H,2-5,7,10H2,1H3. The van der Waals surface area contributed by atoms with Crippen molar-refractivity contribution in [1.82, 2.24) is 0 Å². The molecule has 2 heteroatoms.